The molecule has 0 radical (unpaired) electrons. The molecule has 0 spiro atoms. The van der Waals surface area contributed by atoms with Crippen molar-refractivity contribution in [2.75, 3.05) is 0 Å². The van der Waals surface area contributed by atoms with Gasteiger partial charge in [-0.3, -0.25) is 0 Å². The Morgan fingerprint density at radius 3 is 1.55 bits per heavy atom. The predicted molar refractivity (Wildman–Crippen MR) is 88.3 cm³/mol. The van der Waals surface area contributed by atoms with Gasteiger partial charge in [-0.1, -0.05) is 68.8 Å². The fraction of sp³-hybridized carbons (Fsp3) is 0.400. The molecule has 0 aliphatic heterocycles. The van der Waals surface area contributed by atoms with Crippen LogP contribution in [0, 0.1) is 19.8 Å². The second-order valence-corrected chi connectivity index (χ2v) is 6.24. The summed E-state index contributed by atoms with van der Waals surface area (Å²) < 4.78 is 0. The van der Waals surface area contributed by atoms with Gasteiger partial charge in [0.1, 0.15) is 0 Å². The summed E-state index contributed by atoms with van der Waals surface area (Å²) in [6, 6.07) is 17.7. The summed E-state index contributed by atoms with van der Waals surface area (Å²) in [5.41, 5.74) is 5.79. The standard InChI is InChI=1S/C20H26/c1-15(2)13-14-20(18-11-7-5-9-16(18)3)19-12-8-6-10-17(19)4/h5-12,15,20H,13-14H2,1-4H3. The van der Waals surface area contributed by atoms with Crippen molar-refractivity contribution in [1.82, 2.24) is 0 Å². The van der Waals surface area contributed by atoms with Gasteiger partial charge in [-0.2, -0.15) is 0 Å². The van der Waals surface area contributed by atoms with Crippen LogP contribution in [0.3, 0.4) is 0 Å². The molecular weight excluding hydrogens is 240 g/mol. The highest BCUT2D eigenvalue weighted by Crippen LogP contribution is 2.34. The van der Waals surface area contributed by atoms with Gasteiger partial charge in [0.25, 0.3) is 0 Å². The molecule has 2 rings (SSSR count). The number of hydrogen-bond acceptors (Lipinski definition) is 0. The Bertz CT molecular complexity index is 506. The van der Waals surface area contributed by atoms with E-state index in [-0.39, 0.29) is 0 Å². The second-order valence-electron chi connectivity index (χ2n) is 6.24. The highest BCUT2D eigenvalue weighted by atomic mass is 14.2. The third-order valence-electron chi connectivity index (χ3n) is 4.16. The topological polar surface area (TPSA) is 0 Å². The van der Waals surface area contributed by atoms with E-state index in [2.05, 4.69) is 76.2 Å². The van der Waals surface area contributed by atoms with Crippen LogP contribution in [0.1, 0.15) is 54.9 Å². The summed E-state index contributed by atoms with van der Waals surface area (Å²) in [5, 5.41) is 0. The van der Waals surface area contributed by atoms with Gasteiger partial charge in [-0.25, -0.2) is 0 Å². The third-order valence-corrected chi connectivity index (χ3v) is 4.16. The molecule has 0 aromatic heterocycles. The van der Waals surface area contributed by atoms with Gasteiger partial charge in [0.15, 0.2) is 0 Å². The fourth-order valence-corrected chi connectivity index (χ4v) is 2.93. The van der Waals surface area contributed by atoms with Crippen molar-refractivity contribution in [3.8, 4) is 0 Å². The van der Waals surface area contributed by atoms with E-state index in [0.29, 0.717) is 5.92 Å². The van der Waals surface area contributed by atoms with Gasteiger partial charge >= 0.3 is 0 Å². The first-order valence-corrected chi connectivity index (χ1v) is 7.70. The average molecular weight is 266 g/mol. The molecule has 106 valence electrons. The van der Waals surface area contributed by atoms with Crippen LogP contribution in [-0.4, -0.2) is 0 Å². The monoisotopic (exact) mass is 266 g/mol. The summed E-state index contributed by atoms with van der Waals surface area (Å²) >= 11 is 0. The fourth-order valence-electron chi connectivity index (χ4n) is 2.93. The molecule has 2 aromatic rings. The van der Waals surface area contributed by atoms with Gasteiger partial charge in [-0.05, 0) is 48.4 Å². The van der Waals surface area contributed by atoms with E-state index in [4.69, 9.17) is 0 Å². The zero-order valence-electron chi connectivity index (χ0n) is 13.2. The molecule has 0 heterocycles. The molecule has 0 atom stereocenters. The molecular formula is C20H26. The largest absolute Gasteiger partial charge is 0.0628 e. The van der Waals surface area contributed by atoms with Crippen molar-refractivity contribution < 1.29 is 0 Å². The molecule has 0 fully saturated rings. The molecule has 0 aliphatic carbocycles. The van der Waals surface area contributed by atoms with Gasteiger partial charge in [0.2, 0.25) is 0 Å². The Hall–Kier alpha value is -1.56. The second kappa shape index (κ2) is 6.74. The first kappa shape index (κ1) is 14.8. The van der Waals surface area contributed by atoms with Crippen LogP contribution in [0.4, 0.5) is 0 Å². The highest BCUT2D eigenvalue weighted by Gasteiger charge is 2.17. The van der Waals surface area contributed by atoms with E-state index in [0.717, 1.165) is 5.92 Å². The highest BCUT2D eigenvalue weighted by molar-refractivity contribution is 5.40. The summed E-state index contributed by atoms with van der Waals surface area (Å²) in [4.78, 5) is 0. The van der Waals surface area contributed by atoms with Crippen LogP contribution in [0.25, 0.3) is 0 Å². The van der Waals surface area contributed by atoms with E-state index in [1.165, 1.54) is 35.1 Å². The number of hydrogen-bond donors (Lipinski definition) is 0. The molecule has 0 N–H and O–H groups in total. The Kier molecular flexibility index (Phi) is 5.00. The van der Waals surface area contributed by atoms with Gasteiger partial charge in [-0.15, -0.1) is 0 Å². The molecule has 0 heteroatoms. The summed E-state index contributed by atoms with van der Waals surface area (Å²) in [6.45, 7) is 9.09. The predicted octanol–water partition coefficient (Wildman–Crippen LogP) is 5.87. The maximum absolute atomic E-state index is 2.31. The molecule has 0 saturated carbocycles. The first-order valence-electron chi connectivity index (χ1n) is 7.70. The van der Waals surface area contributed by atoms with Gasteiger partial charge < -0.3 is 0 Å². The molecule has 2 aromatic carbocycles. The number of aryl methyl sites for hydroxylation is 2. The Labute approximate surface area is 123 Å². The van der Waals surface area contributed by atoms with E-state index < -0.39 is 0 Å². The third kappa shape index (κ3) is 3.50. The molecule has 0 saturated heterocycles. The Morgan fingerprint density at radius 1 is 0.700 bits per heavy atom. The smallest absolute Gasteiger partial charge is 0.00946 e. The van der Waals surface area contributed by atoms with E-state index in [1.807, 2.05) is 0 Å². The summed E-state index contributed by atoms with van der Waals surface area (Å²) in [7, 11) is 0. The lowest BCUT2D eigenvalue weighted by Crippen LogP contribution is -2.06. The van der Waals surface area contributed by atoms with Crippen molar-refractivity contribution in [3.05, 3.63) is 70.8 Å². The Morgan fingerprint density at radius 2 is 1.15 bits per heavy atom. The zero-order chi connectivity index (χ0) is 14.5. The minimum absolute atomic E-state index is 0.528. The van der Waals surface area contributed by atoms with E-state index >= 15 is 0 Å². The van der Waals surface area contributed by atoms with Crippen molar-refractivity contribution in [1.29, 1.82) is 0 Å². The first-order chi connectivity index (χ1) is 9.59. The summed E-state index contributed by atoms with van der Waals surface area (Å²) in [6.07, 6.45) is 2.50. The molecule has 0 unspecified atom stereocenters. The quantitative estimate of drug-likeness (QED) is 0.634. The van der Waals surface area contributed by atoms with Crippen LogP contribution in [-0.2, 0) is 0 Å². The van der Waals surface area contributed by atoms with Crippen LogP contribution in [0.2, 0.25) is 0 Å². The molecule has 0 nitrogen and oxygen atoms in total. The maximum atomic E-state index is 2.31. The molecule has 0 amide bonds. The van der Waals surface area contributed by atoms with Crippen LogP contribution < -0.4 is 0 Å². The minimum Gasteiger partial charge on any atom is -0.0628 e. The number of rotatable bonds is 5. The molecule has 0 bridgehead atoms. The maximum Gasteiger partial charge on any atom is 0.00946 e. The van der Waals surface area contributed by atoms with Crippen LogP contribution in [0.15, 0.2) is 48.5 Å². The molecule has 20 heavy (non-hydrogen) atoms. The Balaban J connectivity index is 2.40. The van der Waals surface area contributed by atoms with Crippen LogP contribution in [0.5, 0.6) is 0 Å². The van der Waals surface area contributed by atoms with Crippen molar-refractivity contribution in [2.24, 2.45) is 5.92 Å². The van der Waals surface area contributed by atoms with Crippen molar-refractivity contribution in [2.45, 2.75) is 46.5 Å². The van der Waals surface area contributed by atoms with Crippen molar-refractivity contribution >= 4 is 0 Å². The normalized spacial score (nSPS) is 11.3. The number of benzene rings is 2. The lowest BCUT2D eigenvalue weighted by molar-refractivity contribution is 0.527. The lowest BCUT2D eigenvalue weighted by Gasteiger charge is -2.22. The zero-order valence-corrected chi connectivity index (χ0v) is 13.2. The molecule has 0 aliphatic rings. The minimum atomic E-state index is 0.528. The average Bonchev–Trinajstić information content (AvgIpc) is 2.42. The lowest BCUT2D eigenvalue weighted by atomic mass is 9.82. The summed E-state index contributed by atoms with van der Waals surface area (Å²) in [5.74, 6) is 1.28. The van der Waals surface area contributed by atoms with E-state index in [1.54, 1.807) is 0 Å². The van der Waals surface area contributed by atoms with Gasteiger partial charge in [0.05, 0.1) is 0 Å². The van der Waals surface area contributed by atoms with Gasteiger partial charge in [0, 0.05) is 5.92 Å². The van der Waals surface area contributed by atoms with Crippen molar-refractivity contribution in [3.63, 3.8) is 0 Å². The van der Waals surface area contributed by atoms with Crippen LogP contribution >= 0.6 is 0 Å². The SMILES string of the molecule is Cc1ccccc1C(CCC(C)C)c1ccccc1C. The van der Waals surface area contributed by atoms with E-state index in [9.17, 15) is 0 Å².